The van der Waals surface area contributed by atoms with E-state index in [9.17, 15) is 9.90 Å². The zero-order valence-corrected chi connectivity index (χ0v) is 21.7. The zero-order chi connectivity index (χ0) is 25.5. The first-order valence-corrected chi connectivity index (χ1v) is 13.3. The van der Waals surface area contributed by atoms with Crippen molar-refractivity contribution in [2.45, 2.75) is 52.4 Å². The topological polar surface area (TPSA) is 127 Å². The van der Waals surface area contributed by atoms with Crippen molar-refractivity contribution >= 4 is 23.8 Å². The molecule has 1 aromatic heterocycles. The molecule has 36 heavy (non-hydrogen) atoms. The standard InChI is InChI=1S/C27H40N6O3/c1-17-18(2)25(21(16-28-3)12-23-26(34)33-27(35)31-23)32-24(13-22(17)29-14-20-7-8-20)30-15-19-6-4-5-10-36-11-9-19/h12-13,16-20,29,34H,4-11,14-15H2,1-3H3,(H2,31,33,35)/t17-,18+,19+/m0/s1. The molecule has 1 saturated heterocycles. The fourth-order valence-electron chi connectivity index (χ4n) is 4.74. The summed E-state index contributed by atoms with van der Waals surface area (Å²) in [7, 11) is 1.70. The Hall–Kier alpha value is -2.94. The summed E-state index contributed by atoms with van der Waals surface area (Å²) in [4.78, 5) is 31.0. The van der Waals surface area contributed by atoms with Crippen LogP contribution in [0.1, 0.15) is 58.1 Å². The number of nitrogens with one attached hydrogen (secondary N) is 3. The maximum absolute atomic E-state index is 11.7. The van der Waals surface area contributed by atoms with Gasteiger partial charge in [-0.3, -0.25) is 15.0 Å². The van der Waals surface area contributed by atoms with Gasteiger partial charge in [-0.05, 0) is 50.0 Å². The molecule has 1 saturated carbocycles. The number of imidazole rings is 1. The molecule has 3 heterocycles. The number of nitrogens with zero attached hydrogens (tertiary/aromatic N) is 3. The van der Waals surface area contributed by atoms with Gasteiger partial charge >= 0.3 is 5.69 Å². The molecule has 3 atom stereocenters. The molecular weight excluding hydrogens is 456 g/mol. The molecule has 1 aliphatic carbocycles. The smallest absolute Gasteiger partial charge is 0.326 e. The second kappa shape index (κ2) is 12.3. The average molecular weight is 497 g/mol. The summed E-state index contributed by atoms with van der Waals surface area (Å²) in [5, 5.41) is 13.8. The van der Waals surface area contributed by atoms with Crippen LogP contribution in [0.25, 0.3) is 6.08 Å². The quantitative estimate of drug-likeness (QED) is 0.409. The highest BCUT2D eigenvalue weighted by atomic mass is 16.5. The Labute approximate surface area is 213 Å². The summed E-state index contributed by atoms with van der Waals surface area (Å²) in [6.07, 6.45) is 12.6. The van der Waals surface area contributed by atoms with Gasteiger partial charge in [0.15, 0.2) is 0 Å². The van der Waals surface area contributed by atoms with Crippen LogP contribution in [-0.4, -0.2) is 66.2 Å². The van der Waals surface area contributed by atoms with Crippen molar-refractivity contribution in [3.8, 4) is 5.88 Å². The maximum atomic E-state index is 11.7. The fourth-order valence-corrected chi connectivity index (χ4v) is 4.74. The molecule has 0 amide bonds. The maximum Gasteiger partial charge on any atom is 0.326 e. The van der Waals surface area contributed by atoms with Crippen LogP contribution in [0.4, 0.5) is 0 Å². The molecule has 9 nitrogen and oxygen atoms in total. The van der Waals surface area contributed by atoms with Crippen molar-refractivity contribution in [3.05, 3.63) is 33.5 Å². The van der Waals surface area contributed by atoms with Crippen LogP contribution in [0.15, 0.2) is 37.1 Å². The largest absolute Gasteiger partial charge is 0.493 e. The SMILES string of the molecule is CN=CC(=Cc1[nH]c(=O)[nH]c1O)C1=NC(=NC[C@@H]2CCCCOCC2)C=C(NCC2CC2)[C@@H](C)[C@H]1C. The van der Waals surface area contributed by atoms with E-state index in [1.807, 2.05) is 0 Å². The van der Waals surface area contributed by atoms with Crippen molar-refractivity contribution in [2.75, 3.05) is 33.4 Å². The van der Waals surface area contributed by atoms with E-state index in [0.29, 0.717) is 17.4 Å². The van der Waals surface area contributed by atoms with E-state index < -0.39 is 5.69 Å². The minimum absolute atomic E-state index is 0.0579. The van der Waals surface area contributed by atoms with E-state index in [1.54, 1.807) is 19.3 Å². The highest BCUT2D eigenvalue weighted by Gasteiger charge is 2.29. The van der Waals surface area contributed by atoms with Crippen LogP contribution < -0.4 is 11.0 Å². The molecule has 2 fully saturated rings. The minimum atomic E-state index is -0.464. The van der Waals surface area contributed by atoms with Gasteiger partial charge in [0.2, 0.25) is 5.88 Å². The number of ether oxygens (including phenoxy) is 1. The van der Waals surface area contributed by atoms with Gasteiger partial charge < -0.3 is 20.1 Å². The number of hydrogen-bond acceptors (Lipinski definition) is 6. The summed E-state index contributed by atoms with van der Waals surface area (Å²) in [5.41, 5.74) is 2.54. The summed E-state index contributed by atoms with van der Waals surface area (Å²) >= 11 is 0. The molecule has 4 rings (SSSR count). The van der Waals surface area contributed by atoms with E-state index in [1.165, 1.54) is 19.3 Å². The Bertz CT molecular complexity index is 1100. The molecule has 3 aliphatic rings. The summed E-state index contributed by atoms with van der Waals surface area (Å²) in [6.45, 7) is 7.71. The van der Waals surface area contributed by atoms with Crippen molar-refractivity contribution in [3.63, 3.8) is 0 Å². The number of amidine groups is 1. The van der Waals surface area contributed by atoms with Crippen molar-refractivity contribution in [1.82, 2.24) is 15.3 Å². The molecule has 0 aromatic carbocycles. The van der Waals surface area contributed by atoms with Crippen LogP contribution in [0.5, 0.6) is 5.88 Å². The number of aromatic nitrogens is 2. The van der Waals surface area contributed by atoms with Crippen LogP contribution in [0, 0.1) is 23.7 Å². The van der Waals surface area contributed by atoms with Gasteiger partial charge in [0.05, 0.1) is 5.71 Å². The number of aliphatic imine (C=N–C) groups is 3. The average Bonchev–Trinajstić information content (AvgIpc) is 3.61. The number of aromatic hydroxyl groups is 1. The van der Waals surface area contributed by atoms with Gasteiger partial charge in [0.1, 0.15) is 11.5 Å². The molecular formula is C27H40N6O3. The number of H-pyrrole nitrogens is 2. The first-order chi connectivity index (χ1) is 17.4. The Balaban J connectivity index is 1.68. The van der Waals surface area contributed by atoms with Crippen LogP contribution in [0.3, 0.4) is 0 Å². The predicted molar refractivity (Wildman–Crippen MR) is 145 cm³/mol. The minimum Gasteiger partial charge on any atom is -0.493 e. The molecule has 4 N–H and O–H groups in total. The summed E-state index contributed by atoms with van der Waals surface area (Å²) < 4.78 is 5.70. The Morgan fingerprint density at radius 3 is 2.72 bits per heavy atom. The summed E-state index contributed by atoms with van der Waals surface area (Å²) in [6, 6.07) is 0. The fraction of sp³-hybridized carbons (Fsp3) is 0.630. The number of rotatable bonds is 8. The second-order valence-corrected chi connectivity index (χ2v) is 10.3. The van der Waals surface area contributed by atoms with Gasteiger partial charge in [-0.15, -0.1) is 0 Å². The molecule has 0 bridgehead atoms. The second-order valence-electron chi connectivity index (χ2n) is 10.3. The lowest BCUT2D eigenvalue weighted by Crippen LogP contribution is -2.28. The molecule has 196 valence electrons. The van der Waals surface area contributed by atoms with E-state index in [0.717, 1.165) is 68.5 Å². The van der Waals surface area contributed by atoms with E-state index in [2.05, 4.69) is 40.2 Å². The van der Waals surface area contributed by atoms with Crippen LogP contribution in [-0.2, 0) is 4.74 Å². The zero-order valence-electron chi connectivity index (χ0n) is 21.7. The van der Waals surface area contributed by atoms with Gasteiger partial charge in [-0.25, -0.2) is 9.79 Å². The van der Waals surface area contributed by atoms with Crippen LogP contribution >= 0.6 is 0 Å². The highest BCUT2D eigenvalue weighted by Crippen LogP contribution is 2.31. The van der Waals surface area contributed by atoms with Crippen molar-refractivity contribution < 1.29 is 9.84 Å². The number of aromatic amines is 2. The van der Waals surface area contributed by atoms with Gasteiger partial charge in [-0.1, -0.05) is 20.3 Å². The first kappa shape index (κ1) is 26.1. The number of allylic oxidation sites excluding steroid dienone is 2. The summed E-state index contributed by atoms with van der Waals surface area (Å²) in [5.74, 6) is 1.97. The lowest BCUT2D eigenvalue weighted by molar-refractivity contribution is 0.102. The molecule has 1 aromatic rings. The van der Waals surface area contributed by atoms with Crippen LogP contribution in [0.2, 0.25) is 0 Å². The predicted octanol–water partition coefficient (Wildman–Crippen LogP) is 3.71. The molecule has 0 unspecified atom stereocenters. The normalized spacial score (nSPS) is 27.4. The van der Waals surface area contributed by atoms with Crippen molar-refractivity contribution in [2.24, 2.45) is 38.6 Å². The Kier molecular flexibility index (Phi) is 8.96. The van der Waals surface area contributed by atoms with Gasteiger partial charge in [-0.2, -0.15) is 0 Å². The van der Waals surface area contributed by atoms with Crippen molar-refractivity contribution in [1.29, 1.82) is 0 Å². The third kappa shape index (κ3) is 7.06. The highest BCUT2D eigenvalue weighted by molar-refractivity contribution is 6.24. The number of hydrogen-bond donors (Lipinski definition) is 4. The first-order valence-electron chi connectivity index (χ1n) is 13.3. The Morgan fingerprint density at radius 2 is 2.00 bits per heavy atom. The lowest BCUT2D eigenvalue weighted by Gasteiger charge is -2.24. The Morgan fingerprint density at radius 1 is 1.17 bits per heavy atom. The lowest BCUT2D eigenvalue weighted by atomic mass is 9.85. The van der Waals surface area contributed by atoms with Gasteiger partial charge in [0.25, 0.3) is 0 Å². The van der Waals surface area contributed by atoms with E-state index in [4.69, 9.17) is 14.7 Å². The molecule has 0 spiro atoms. The molecule has 2 aliphatic heterocycles. The monoisotopic (exact) mass is 496 g/mol. The third-order valence-corrected chi connectivity index (χ3v) is 7.42. The van der Waals surface area contributed by atoms with E-state index in [-0.39, 0.29) is 17.7 Å². The third-order valence-electron chi connectivity index (χ3n) is 7.42. The van der Waals surface area contributed by atoms with Gasteiger partial charge in [0, 0.05) is 68.7 Å². The molecule has 9 heteroatoms. The van der Waals surface area contributed by atoms with E-state index >= 15 is 0 Å². The molecule has 0 radical (unpaired) electrons.